The van der Waals surface area contributed by atoms with Crippen LogP contribution in [0.1, 0.15) is 28.4 Å². The zero-order valence-electron chi connectivity index (χ0n) is 19.6. The number of nitrogens with zero attached hydrogens (tertiary/aromatic N) is 5. The third-order valence-electron chi connectivity index (χ3n) is 6.02. The minimum atomic E-state index is -4.69. The van der Waals surface area contributed by atoms with Gasteiger partial charge in [0.15, 0.2) is 5.82 Å². The Bertz CT molecular complexity index is 1600. The van der Waals surface area contributed by atoms with Gasteiger partial charge >= 0.3 is 6.18 Å². The molecule has 0 aliphatic rings. The van der Waals surface area contributed by atoms with Crippen LogP contribution in [0.5, 0.6) is 0 Å². The van der Waals surface area contributed by atoms with Gasteiger partial charge in [0, 0.05) is 23.9 Å². The summed E-state index contributed by atoms with van der Waals surface area (Å²) in [6, 6.07) is 7.78. The molecule has 5 rings (SSSR count). The second kappa shape index (κ2) is 10.1. The average Bonchev–Trinajstić information content (AvgIpc) is 3.54. The SMILES string of the molecule is Nc1nc(CCn2ccnn2)c(F)c(-c2cc3cccc(Cc4cc(F)ccc4C(N)C(F)(F)F)c3s2)n1. The lowest BCUT2D eigenvalue weighted by atomic mass is 9.94. The Kier molecular flexibility index (Phi) is 6.80. The summed E-state index contributed by atoms with van der Waals surface area (Å²) in [6.07, 6.45) is -1.35. The fraction of sp³-hybridized carbons (Fsp3) is 0.200. The number of fused-ring (bicyclic) bond motifs is 1. The Labute approximate surface area is 216 Å². The van der Waals surface area contributed by atoms with Crippen LogP contribution < -0.4 is 11.5 Å². The van der Waals surface area contributed by atoms with E-state index in [4.69, 9.17) is 11.5 Å². The normalized spacial score (nSPS) is 12.8. The van der Waals surface area contributed by atoms with Gasteiger partial charge in [-0.1, -0.05) is 29.5 Å². The van der Waals surface area contributed by atoms with Gasteiger partial charge in [0.05, 0.1) is 16.8 Å². The first-order valence-electron chi connectivity index (χ1n) is 11.4. The van der Waals surface area contributed by atoms with E-state index in [0.29, 0.717) is 21.7 Å². The molecule has 0 spiro atoms. The number of rotatable bonds is 7. The van der Waals surface area contributed by atoms with Gasteiger partial charge in [0.2, 0.25) is 5.95 Å². The van der Waals surface area contributed by atoms with Crippen LogP contribution in [0.15, 0.2) is 54.9 Å². The molecular formula is C25H20F5N7S. The van der Waals surface area contributed by atoms with Crippen LogP contribution in [0.25, 0.3) is 20.7 Å². The zero-order chi connectivity index (χ0) is 27.0. The summed E-state index contributed by atoms with van der Waals surface area (Å²) in [6.45, 7) is 0.333. The highest BCUT2D eigenvalue weighted by Crippen LogP contribution is 2.39. The number of hydrogen-bond acceptors (Lipinski definition) is 7. The molecule has 0 aliphatic heterocycles. The highest BCUT2D eigenvalue weighted by molar-refractivity contribution is 7.22. The maximum Gasteiger partial charge on any atom is 0.407 e. The largest absolute Gasteiger partial charge is 0.407 e. The van der Waals surface area contributed by atoms with E-state index in [0.717, 1.165) is 23.6 Å². The van der Waals surface area contributed by atoms with E-state index in [2.05, 4.69) is 20.3 Å². The van der Waals surface area contributed by atoms with Gasteiger partial charge in [-0.25, -0.2) is 18.7 Å². The van der Waals surface area contributed by atoms with Crippen molar-refractivity contribution < 1.29 is 22.0 Å². The number of thiophene rings is 1. The summed E-state index contributed by atoms with van der Waals surface area (Å²) < 4.78 is 71.8. The number of nitrogen functional groups attached to an aromatic ring is 1. The molecular weight excluding hydrogens is 525 g/mol. The van der Waals surface area contributed by atoms with Crippen molar-refractivity contribution in [2.45, 2.75) is 31.6 Å². The highest BCUT2D eigenvalue weighted by Gasteiger charge is 2.39. The summed E-state index contributed by atoms with van der Waals surface area (Å²) in [5.74, 6) is -1.40. The first-order valence-corrected chi connectivity index (χ1v) is 12.2. The molecule has 0 fully saturated rings. The quantitative estimate of drug-likeness (QED) is 0.272. The lowest BCUT2D eigenvalue weighted by Gasteiger charge is -2.19. The number of nitrogens with two attached hydrogens (primary N) is 2. The Morgan fingerprint density at radius 1 is 1.03 bits per heavy atom. The summed E-state index contributed by atoms with van der Waals surface area (Å²) in [5, 5.41) is 8.29. The minimum absolute atomic E-state index is 0.00822. The highest BCUT2D eigenvalue weighted by atomic mass is 32.1. The van der Waals surface area contributed by atoms with Crippen molar-refractivity contribution in [3.8, 4) is 10.6 Å². The third kappa shape index (κ3) is 5.20. The molecule has 0 amide bonds. The van der Waals surface area contributed by atoms with Crippen molar-refractivity contribution in [1.29, 1.82) is 0 Å². The monoisotopic (exact) mass is 545 g/mol. The van der Waals surface area contributed by atoms with Crippen molar-refractivity contribution in [1.82, 2.24) is 25.0 Å². The number of aromatic nitrogens is 5. The Balaban J connectivity index is 1.52. The Morgan fingerprint density at radius 3 is 2.58 bits per heavy atom. The van der Waals surface area contributed by atoms with Crippen LogP contribution in [-0.4, -0.2) is 31.1 Å². The number of halogens is 5. The van der Waals surface area contributed by atoms with Crippen LogP contribution in [0, 0.1) is 11.6 Å². The Hall–Kier alpha value is -3.97. The molecule has 5 aromatic rings. The number of alkyl halides is 3. The van der Waals surface area contributed by atoms with Crippen molar-refractivity contribution in [2.75, 3.05) is 5.73 Å². The number of anilines is 1. The zero-order valence-corrected chi connectivity index (χ0v) is 20.4. The van der Waals surface area contributed by atoms with Crippen LogP contribution in [0.2, 0.25) is 0 Å². The molecule has 0 radical (unpaired) electrons. The summed E-state index contributed by atoms with van der Waals surface area (Å²) in [4.78, 5) is 8.61. The van der Waals surface area contributed by atoms with Crippen molar-refractivity contribution in [3.05, 3.63) is 88.9 Å². The van der Waals surface area contributed by atoms with Crippen molar-refractivity contribution >= 4 is 27.4 Å². The van der Waals surface area contributed by atoms with E-state index < -0.39 is 23.9 Å². The van der Waals surface area contributed by atoms with E-state index in [9.17, 15) is 17.6 Å². The molecule has 4 N–H and O–H groups in total. The molecule has 3 aromatic heterocycles. The summed E-state index contributed by atoms with van der Waals surface area (Å²) in [7, 11) is 0. The number of benzene rings is 2. The molecule has 13 heteroatoms. The molecule has 0 saturated carbocycles. The lowest BCUT2D eigenvalue weighted by molar-refractivity contribution is -0.149. The van der Waals surface area contributed by atoms with E-state index in [1.807, 2.05) is 0 Å². The molecule has 7 nitrogen and oxygen atoms in total. The molecule has 196 valence electrons. The van der Waals surface area contributed by atoms with Gasteiger partial charge < -0.3 is 11.5 Å². The van der Waals surface area contributed by atoms with Crippen LogP contribution in [0.4, 0.5) is 27.9 Å². The topological polar surface area (TPSA) is 109 Å². The average molecular weight is 546 g/mol. The molecule has 38 heavy (non-hydrogen) atoms. The van der Waals surface area contributed by atoms with E-state index in [1.165, 1.54) is 22.2 Å². The van der Waals surface area contributed by atoms with Crippen LogP contribution >= 0.6 is 11.3 Å². The van der Waals surface area contributed by atoms with Crippen molar-refractivity contribution in [2.24, 2.45) is 5.73 Å². The first kappa shape index (κ1) is 25.7. The van der Waals surface area contributed by atoms with E-state index in [1.54, 1.807) is 30.5 Å². The fourth-order valence-electron chi connectivity index (χ4n) is 4.21. The fourth-order valence-corrected chi connectivity index (χ4v) is 5.36. The Morgan fingerprint density at radius 2 is 1.84 bits per heavy atom. The molecule has 0 aliphatic carbocycles. The van der Waals surface area contributed by atoms with Crippen LogP contribution in [0.3, 0.4) is 0 Å². The van der Waals surface area contributed by atoms with E-state index in [-0.39, 0.29) is 41.3 Å². The predicted octanol–water partition coefficient (Wildman–Crippen LogP) is 5.21. The third-order valence-corrected chi connectivity index (χ3v) is 7.25. The first-order chi connectivity index (χ1) is 18.1. The molecule has 1 unspecified atom stereocenters. The summed E-state index contributed by atoms with van der Waals surface area (Å²) in [5.41, 5.74) is 12.0. The smallest absolute Gasteiger partial charge is 0.368 e. The van der Waals surface area contributed by atoms with Crippen molar-refractivity contribution in [3.63, 3.8) is 0 Å². The second-order valence-electron chi connectivity index (χ2n) is 8.59. The summed E-state index contributed by atoms with van der Waals surface area (Å²) >= 11 is 1.21. The number of hydrogen-bond donors (Lipinski definition) is 2. The predicted molar refractivity (Wildman–Crippen MR) is 133 cm³/mol. The number of aryl methyl sites for hydroxylation is 2. The molecule has 0 bridgehead atoms. The van der Waals surface area contributed by atoms with Gasteiger partial charge in [-0.05, 0) is 46.7 Å². The molecule has 0 saturated heterocycles. The standard InChI is InChI=1S/C25H20F5N7S/c26-16-4-5-17(23(31)25(28,29)30)15(11-16)10-13-2-1-3-14-12-19(38-22(13)14)21-20(27)18(34-24(32)35-21)6-8-37-9-7-33-36-37/h1-5,7,9,11-12,23H,6,8,10,31H2,(H2,32,34,35). The van der Waals surface area contributed by atoms with E-state index >= 15 is 4.39 Å². The molecule has 1 atom stereocenters. The second-order valence-corrected chi connectivity index (χ2v) is 9.64. The van der Waals surface area contributed by atoms with Gasteiger partial charge in [0.25, 0.3) is 0 Å². The van der Waals surface area contributed by atoms with Gasteiger partial charge in [-0.15, -0.1) is 16.4 Å². The minimum Gasteiger partial charge on any atom is -0.368 e. The maximum atomic E-state index is 15.5. The maximum absolute atomic E-state index is 15.5. The van der Waals surface area contributed by atoms with Crippen LogP contribution in [-0.2, 0) is 19.4 Å². The molecule has 2 aromatic carbocycles. The van der Waals surface area contributed by atoms with Gasteiger partial charge in [0.1, 0.15) is 17.6 Å². The molecule has 3 heterocycles. The van der Waals surface area contributed by atoms with Gasteiger partial charge in [-0.2, -0.15) is 13.2 Å². The van der Waals surface area contributed by atoms with Gasteiger partial charge in [-0.3, -0.25) is 4.68 Å². The lowest BCUT2D eigenvalue weighted by Crippen LogP contribution is -2.29.